The number of aliphatic hydroxyl groups excluding tert-OH is 1. The Morgan fingerprint density at radius 2 is 1.36 bits per heavy atom. The molecule has 6 aliphatic carbocycles. The van der Waals surface area contributed by atoms with Crippen LogP contribution < -0.4 is 40.0 Å². The quantitative estimate of drug-likeness (QED) is 0.0453. The summed E-state index contributed by atoms with van der Waals surface area (Å²) in [6.07, 6.45) is -13.1. The number of esters is 7. The molecule has 1 saturated heterocycles. The molecule has 0 unspecified atom stereocenters. The number of carboxylic acids is 1. The van der Waals surface area contributed by atoms with Crippen LogP contribution in [-0.4, -0.2) is 141 Å². The maximum atomic E-state index is 16.7. The number of carboxylic acid groups (broad SMARTS) is 1. The zero-order valence-electron chi connectivity index (χ0n) is 55.5. The van der Waals surface area contributed by atoms with Gasteiger partial charge in [0.2, 0.25) is 6.10 Å². The van der Waals surface area contributed by atoms with Crippen LogP contribution >= 0.6 is 0 Å². The van der Waals surface area contributed by atoms with E-state index < -0.39 is 186 Å². The Labute approximate surface area is 582 Å². The minimum atomic E-state index is -2.67. The summed E-state index contributed by atoms with van der Waals surface area (Å²) in [5, 5.41) is 50.7. The number of amides is 1. The number of aliphatic carboxylic acids is 1. The molecular formula is C73H80NNaO22. The molecule has 1 aliphatic heterocycles. The first kappa shape index (κ1) is 72.0. The molecule has 23 nitrogen and oxygen atoms in total. The largest absolute Gasteiger partial charge is 1.00 e. The number of fused-ring (bicyclic) bond motifs is 10. The van der Waals surface area contributed by atoms with Crippen LogP contribution in [0.5, 0.6) is 5.75 Å². The molecule has 510 valence electrons. The smallest absolute Gasteiger partial charge is 0.550 e. The second-order valence-corrected chi connectivity index (χ2v) is 27.7. The van der Waals surface area contributed by atoms with Gasteiger partial charge < -0.3 is 68.4 Å². The summed E-state index contributed by atoms with van der Waals surface area (Å²) >= 11 is 0. The van der Waals surface area contributed by atoms with Crippen molar-refractivity contribution in [2.75, 3.05) is 6.61 Å². The Kier molecular flexibility index (Phi) is 20.9. The molecule has 7 aliphatic rings. The van der Waals surface area contributed by atoms with Crippen molar-refractivity contribution in [3.63, 3.8) is 0 Å². The van der Waals surface area contributed by atoms with E-state index in [-0.39, 0.29) is 87.3 Å². The van der Waals surface area contributed by atoms with Crippen LogP contribution in [0.15, 0.2) is 120 Å². The number of ketones is 1. The minimum absolute atomic E-state index is 0. The number of phenolic OH excluding ortho intramolecular Hbond substituents is 1. The zero-order chi connectivity index (χ0) is 69.0. The summed E-state index contributed by atoms with van der Waals surface area (Å²) in [6.45, 7) is 9.41. The van der Waals surface area contributed by atoms with E-state index in [1.165, 1.54) is 64.1 Å². The van der Waals surface area contributed by atoms with Crippen LogP contribution in [0.25, 0.3) is 0 Å². The number of hydrogen-bond acceptors (Lipinski definition) is 22. The number of aliphatic hydroxyl groups is 2. The van der Waals surface area contributed by atoms with Gasteiger partial charge in [0.05, 0.1) is 48.9 Å². The molecule has 1 heterocycles. The summed E-state index contributed by atoms with van der Waals surface area (Å²) in [7, 11) is 0. The number of ether oxygens (including phenoxy) is 8. The van der Waals surface area contributed by atoms with Crippen molar-refractivity contribution in [2.45, 2.75) is 191 Å². The van der Waals surface area contributed by atoms with Crippen LogP contribution in [0.4, 0.5) is 0 Å². The van der Waals surface area contributed by atoms with Gasteiger partial charge in [-0.05, 0) is 128 Å². The van der Waals surface area contributed by atoms with E-state index in [0.717, 1.165) is 37.8 Å². The Balaban J connectivity index is 0.0000102. The minimum Gasteiger partial charge on any atom is -0.550 e. The summed E-state index contributed by atoms with van der Waals surface area (Å²) in [5.41, 5.74) is -7.56. The SMILES string of the molecule is CC(=O)O[C@H]1C(=O)[C@]2(C)[C@@H](OC(=O)CCC(=O)O[C@@H]3C[C@]4(C)[C@@H](O)CC[C@H]4[C@@H]4CCc5cc(O)ccc5[C@H]43)C[C@H]3OC[C@@]3(OC(C)=O)[C@H]2[C@H](OC(=O)c2ccccc2)[C@]2(O)C[C@H](OC(=O)[C@H](OC(=O)CCC(=O)[O-])[C@@H](NC(=O)c3ccccc3)c3ccccc3)C(C)=C1C2(C)C.[Na+]. The number of phenols is 1. The van der Waals surface area contributed by atoms with Gasteiger partial charge in [0.1, 0.15) is 47.9 Å². The number of aryl methyl sites for hydroxylation is 1. The first-order chi connectivity index (χ1) is 45.5. The Morgan fingerprint density at radius 3 is 1.98 bits per heavy atom. The third kappa shape index (κ3) is 13.4. The fraction of sp³-hybridized carbons (Fsp3) is 0.507. The van der Waals surface area contributed by atoms with Gasteiger partial charge in [-0.15, -0.1) is 0 Å². The molecule has 11 rings (SSSR count). The van der Waals surface area contributed by atoms with Crippen LogP contribution in [0.1, 0.15) is 162 Å². The van der Waals surface area contributed by atoms with Crippen molar-refractivity contribution >= 4 is 59.4 Å². The van der Waals surface area contributed by atoms with Crippen LogP contribution in [0.2, 0.25) is 0 Å². The Bertz CT molecular complexity index is 3770. The third-order valence-electron chi connectivity index (χ3n) is 21.9. The summed E-state index contributed by atoms with van der Waals surface area (Å²) in [5.74, 6) is -12.6. The average Bonchev–Trinajstić information content (AvgIpc) is 0.969. The maximum Gasteiger partial charge on any atom is 1.00 e. The van der Waals surface area contributed by atoms with Crippen LogP contribution in [-0.2, 0) is 82.7 Å². The second-order valence-electron chi connectivity index (χ2n) is 27.7. The van der Waals surface area contributed by atoms with Crippen molar-refractivity contribution in [3.8, 4) is 5.75 Å². The zero-order valence-corrected chi connectivity index (χ0v) is 57.5. The van der Waals surface area contributed by atoms with Gasteiger partial charge in [0.15, 0.2) is 17.5 Å². The molecule has 97 heavy (non-hydrogen) atoms. The van der Waals surface area contributed by atoms with Gasteiger partial charge in [-0.2, -0.15) is 0 Å². The van der Waals surface area contributed by atoms with Crippen LogP contribution in [0, 0.1) is 34.0 Å². The molecule has 0 aromatic heterocycles. The van der Waals surface area contributed by atoms with Crippen molar-refractivity contribution in [1.29, 1.82) is 0 Å². The average molecular weight is 1350 g/mol. The van der Waals surface area contributed by atoms with Gasteiger partial charge in [-0.25, -0.2) is 9.59 Å². The number of Topliss-reactive ketones (excluding diaryl/α,β-unsaturated/α-hetero) is 1. The topological polar surface area (TPSA) is 340 Å². The van der Waals surface area contributed by atoms with Gasteiger partial charge in [-0.3, -0.25) is 33.6 Å². The van der Waals surface area contributed by atoms with Crippen molar-refractivity contribution < 1.29 is 136 Å². The maximum absolute atomic E-state index is 16.7. The second kappa shape index (κ2) is 28.2. The Hall–Kier alpha value is -7.80. The predicted octanol–water partition coefficient (Wildman–Crippen LogP) is 3.30. The van der Waals surface area contributed by atoms with Crippen LogP contribution in [0.3, 0.4) is 0 Å². The van der Waals surface area contributed by atoms with E-state index in [1.54, 1.807) is 66.7 Å². The molecule has 24 heteroatoms. The van der Waals surface area contributed by atoms with E-state index >= 15 is 14.4 Å². The Morgan fingerprint density at radius 1 is 0.732 bits per heavy atom. The fourth-order valence-electron chi connectivity index (χ4n) is 17.2. The standard InChI is InChI=1S/C73H81NO22.Na/c1-38-49(92-68(87)62(94-57(83)30-29-54(79)80)60(41-17-11-8-12-18-41)74-66(85)42-19-13-9-14-20-42)36-73(88)65(95-67(86)43-21-15-10-16-22-43)63-71(7,64(84)61(90-39(2)75)59(38)69(73,4)5)52(34-53-72(63,37-89-53)96-40(3)76)93-56(82)32-31-55(81)91-50-35-70(6)48(27-28-51(70)78)47-25-23-44-33-45(77)24-26-46(44)58(47)50;/h8-22,24,26,33,47-53,58,60-63,65,77-78,88H,23,25,27-32,34-37H2,1-7H3,(H,74,85)(H,79,80);/q;+1/p-1/t47-,48-,49-,50+,51-,52-,53+,58+,60-,61+,62+,63-,65-,70-,71+,72-,73+;/m0./s1. The summed E-state index contributed by atoms with van der Waals surface area (Å²) < 4.78 is 50.3. The molecule has 17 atom stereocenters. The first-order valence-electron chi connectivity index (χ1n) is 32.6. The van der Waals surface area contributed by atoms with Gasteiger partial charge in [0, 0.05) is 55.0 Å². The van der Waals surface area contributed by atoms with Gasteiger partial charge >= 0.3 is 71.3 Å². The molecule has 4 N–H and O–H groups in total. The number of carbonyl (C=O) groups is 10. The molecule has 4 aromatic rings. The molecular weight excluding hydrogens is 1270 g/mol. The number of rotatable bonds is 19. The third-order valence-corrected chi connectivity index (χ3v) is 21.9. The van der Waals surface area contributed by atoms with Gasteiger partial charge in [0.25, 0.3) is 5.91 Å². The van der Waals surface area contributed by atoms with Gasteiger partial charge in [-0.1, -0.05) is 93.6 Å². The van der Waals surface area contributed by atoms with E-state index in [0.29, 0.717) is 19.3 Å². The molecule has 1 amide bonds. The van der Waals surface area contributed by atoms with E-state index in [9.17, 15) is 54.0 Å². The molecule has 4 aromatic carbocycles. The summed E-state index contributed by atoms with van der Waals surface area (Å²) in [4.78, 5) is 143. The number of hydrogen-bond donors (Lipinski definition) is 4. The molecule has 2 bridgehead atoms. The predicted molar refractivity (Wildman–Crippen MR) is 333 cm³/mol. The van der Waals surface area contributed by atoms with E-state index in [4.69, 9.17) is 37.9 Å². The number of carbonyl (C=O) groups excluding carboxylic acids is 10. The van der Waals surface area contributed by atoms with Crippen molar-refractivity contribution in [1.82, 2.24) is 5.32 Å². The van der Waals surface area contributed by atoms with Crippen molar-refractivity contribution in [2.24, 2.45) is 34.0 Å². The van der Waals surface area contributed by atoms with E-state index in [2.05, 4.69) is 5.32 Å². The number of benzene rings is 4. The van der Waals surface area contributed by atoms with E-state index in [1.807, 2.05) is 13.0 Å². The normalized spacial score (nSPS) is 31.6. The molecule has 4 saturated carbocycles. The fourth-order valence-corrected chi connectivity index (χ4v) is 17.2. The monoisotopic (exact) mass is 1350 g/mol. The number of aromatic hydroxyl groups is 1. The summed E-state index contributed by atoms with van der Waals surface area (Å²) in [6, 6.07) is 26.8. The first-order valence-corrected chi connectivity index (χ1v) is 32.6. The number of nitrogens with one attached hydrogen (secondary N) is 1. The molecule has 5 fully saturated rings. The molecule has 0 radical (unpaired) electrons. The molecule has 0 spiro atoms. The van der Waals surface area contributed by atoms with Crippen molar-refractivity contribution in [3.05, 3.63) is 148 Å².